The molecule has 1 fully saturated rings. The number of imidazole rings is 1. The van der Waals surface area contributed by atoms with Gasteiger partial charge in [-0.05, 0) is 6.42 Å². The molecule has 6 nitrogen and oxygen atoms in total. The van der Waals surface area contributed by atoms with Crippen molar-refractivity contribution >= 4 is 17.0 Å². The van der Waals surface area contributed by atoms with Gasteiger partial charge in [-0.2, -0.15) is 0 Å². The van der Waals surface area contributed by atoms with Gasteiger partial charge in [-0.3, -0.25) is 0 Å². The third-order valence-electron chi connectivity index (χ3n) is 3.96. The third-order valence-corrected chi connectivity index (χ3v) is 3.96. The number of aryl methyl sites for hydroxylation is 1. The van der Waals surface area contributed by atoms with Gasteiger partial charge in [-0.25, -0.2) is 15.0 Å². The van der Waals surface area contributed by atoms with Crippen LogP contribution in [-0.4, -0.2) is 38.8 Å². The zero-order valence-electron chi connectivity index (χ0n) is 12.4. The number of nitrogens with zero attached hydrogens (tertiary/aromatic N) is 4. The van der Waals surface area contributed by atoms with Crippen LogP contribution < -0.4 is 5.32 Å². The fraction of sp³-hybridized carbons (Fsp3) is 0.312. The Morgan fingerprint density at radius 2 is 2.09 bits per heavy atom. The van der Waals surface area contributed by atoms with E-state index in [1.54, 1.807) is 6.33 Å². The second-order valence-corrected chi connectivity index (χ2v) is 5.46. The first-order valence-electron chi connectivity index (χ1n) is 7.40. The molecule has 22 heavy (non-hydrogen) atoms. The van der Waals surface area contributed by atoms with Crippen molar-refractivity contribution in [2.24, 2.45) is 7.05 Å². The summed E-state index contributed by atoms with van der Waals surface area (Å²) in [7, 11) is 1.98. The largest absolute Gasteiger partial charge is 0.379 e. The van der Waals surface area contributed by atoms with Crippen molar-refractivity contribution in [1.82, 2.24) is 19.5 Å². The first-order chi connectivity index (χ1) is 10.8. The van der Waals surface area contributed by atoms with Crippen molar-refractivity contribution in [3.05, 3.63) is 36.7 Å². The molecule has 0 amide bonds. The zero-order chi connectivity index (χ0) is 14.9. The van der Waals surface area contributed by atoms with Crippen LogP contribution in [0.4, 0.5) is 5.82 Å². The van der Waals surface area contributed by atoms with Crippen molar-refractivity contribution in [2.45, 2.75) is 12.5 Å². The van der Waals surface area contributed by atoms with Gasteiger partial charge in [0.1, 0.15) is 12.2 Å². The molecular weight excluding hydrogens is 278 g/mol. The average molecular weight is 295 g/mol. The van der Waals surface area contributed by atoms with Crippen LogP contribution >= 0.6 is 0 Å². The average Bonchev–Trinajstić information content (AvgIpc) is 3.18. The minimum atomic E-state index is 0.292. The number of ether oxygens (including phenoxy) is 1. The summed E-state index contributed by atoms with van der Waals surface area (Å²) >= 11 is 0. The van der Waals surface area contributed by atoms with Crippen LogP contribution in [0.2, 0.25) is 0 Å². The normalized spacial score (nSPS) is 18.0. The fourth-order valence-electron chi connectivity index (χ4n) is 2.79. The Morgan fingerprint density at radius 3 is 2.86 bits per heavy atom. The summed E-state index contributed by atoms with van der Waals surface area (Å²) in [5, 5.41) is 3.42. The van der Waals surface area contributed by atoms with E-state index in [0.717, 1.165) is 41.4 Å². The molecule has 1 aliphatic heterocycles. The summed E-state index contributed by atoms with van der Waals surface area (Å²) in [6.07, 6.45) is 2.57. The predicted molar refractivity (Wildman–Crippen MR) is 84.6 cm³/mol. The van der Waals surface area contributed by atoms with Crippen molar-refractivity contribution in [1.29, 1.82) is 0 Å². The lowest BCUT2D eigenvalue weighted by atomic mass is 10.2. The highest BCUT2D eigenvalue weighted by Gasteiger charge is 2.19. The van der Waals surface area contributed by atoms with Gasteiger partial charge in [0, 0.05) is 19.2 Å². The van der Waals surface area contributed by atoms with Crippen LogP contribution in [0, 0.1) is 0 Å². The molecule has 0 bridgehead atoms. The Morgan fingerprint density at radius 1 is 1.23 bits per heavy atom. The summed E-state index contributed by atoms with van der Waals surface area (Å²) in [4.78, 5) is 13.5. The van der Waals surface area contributed by atoms with Crippen molar-refractivity contribution in [2.75, 3.05) is 18.5 Å². The van der Waals surface area contributed by atoms with Gasteiger partial charge in [-0.15, -0.1) is 0 Å². The Hall–Kier alpha value is -2.47. The molecule has 112 valence electrons. The van der Waals surface area contributed by atoms with E-state index in [9.17, 15) is 0 Å². The highest BCUT2D eigenvalue weighted by atomic mass is 16.5. The lowest BCUT2D eigenvalue weighted by molar-refractivity contribution is 0.195. The topological polar surface area (TPSA) is 64.9 Å². The standard InChI is InChI=1S/C16H17N5O/c1-21-15(11-5-3-2-4-6-11)20-13-14(17-10-18-16(13)21)19-12-7-8-22-9-12/h2-6,10,12H,7-9H2,1H3,(H,17,18,19). The highest BCUT2D eigenvalue weighted by molar-refractivity contribution is 5.86. The molecule has 0 radical (unpaired) electrons. The van der Waals surface area contributed by atoms with E-state index in [2.05, 4.69) is 15.3 Å². The van der Waals surface area contributed by atoms with E-state index < -0.39 is 0 Å². The molecule has 0 aliphatic carbocycles. The molecule has 0 saturated carbocycles. The molecule has 0 spiro atoms. The van der Waals surface area contributed by atoms with Gasteiger partial charge < -0.3 is 14.6 Å². The third kappa shape index (κ3) is 2.21. The van der Waals surface area contributed by atoms with E-state index in [1.807, 2.05) is 41.9 Å². The SMILES string of the molecule is Cn1c(-c2ccccc2)nc2c(NC3CCOC3)ncnc21. The quantitative estimate of drug-likeness (QED) is 0.802. The molecule has 2 aromatic heterocycles. The number of anilines is 1. The molecule has 1 atom stereocenters. The summed E-state index contributed by atoms with van der Waals surface area (Å²) in [6.45, 7) is 1.51. The Balaban J connectivity index is 1.80. The maximum Gasteiger partial charge on any atom is 0.165 e. The first-order valence-corrected chi connectivity index (χ1v) is 7.40. The number of rotatable bonds is 3. The molecular formula is C16H17N5O. The second-order valence-electron chi connectivity index (χ2n) is 5.46. The van der Waals surface area contributed by atoms with E-state index >= 15 is 0 Å². The number of nitrogens with one attached hydrogen (secondary N) is 1. The fourth-order valence-corrected chi connectivity index (χ4v) is 2.79. The monoisotopic (exact) mass is 295 g/mol. The van der Waals surface area contributed by atoms with Crippen LogP contribution in [0.5, 0.6) is 0 Å². The van der Waals surface area contributed by atoms with Crippen LogP contribution in [0.3, 0.4) is 0 Å². The Labute approximate surface area is 128 Å². The molecule has 3 heterocycles. The van der Waals surface area contributed by atoms with Crippen molar-refractivity contribution < 1.29 is 4.74 Å². The van der Waals surface area contributed by atoms with Gasteiger partial charge in [0.05, 0.1) is 12.6 Å². The number of fused-ring (bicyclic) bond motifs is 1. The van der Waals surface area contributed by atoms with Gasteiger partial charge in [0.25, 0.3) is 0 Å². The molecule has 1 N–H and O–H groups in total. The van der Waals surface area contributed by atoms with E-state index in [0.29, 0.717) is 12.6 Å². The maximum absolute atomic E-state index is 5.41. The molecule has 1 aliphatic rings. The molecule has 1 unspecified atom stereocenters. The van der Waals surface area contributed by atoms with E-state index in [-0.39, 0.29) is 0 Å². The van der Waals surface area contributed by atoms with Crippen LogP contribution in [0.25, 0.3) is 22.6 Å². The van der Waals surface area contributed by atoms with E-state index in [1.165, 1.54) is 0 Å². The van der Waals surface area contributed by atoms with E-state index in [4.69, 9.17) is 9.72 Å². The summed E-state index contributed by atoms with van der Waals surface area (Å²) in [5.41, 5.74) is 2.70. The predicted octanol–water partition coefficient (Wildman–Crippen LogP) is 2.23. The summed E-state index contributed by atoms with van der Waals surface area (Å²) in [5.74, 6) is 1.67. The lowest BCUT2D eigenvalue weighted by Crippen LogP contribution is -2.20. The van der Waals surface area contributed by atoms with Crippen molar-refractivity contribution in [3.63, 3.8) is 0 Å². The van der Waals surface area contributed by atoms with Gasteiger partial charge >= 0.3 is 0 Å². The Kier molecular flexibility index (Phi) is 3.23. The number of hydrogen-bond donors (Lipinski definition) is 1. The molecule has 3 aromatic rings. The first kappa shape index (κ1) is 13.2. The summed E-state index contributed by atoms with van der Waals surface area (Å²) in [6, 6.07) is 10.4. The van der Waals surface area contributed by atoms with Crippen LogP contribution in [0.15, 0.2) is 36.7 Å². The van der Waals surface area contributed by atoms with Gasteiger partial charge in [0.2, 0.25) is 0 Å². The van der Waals surface area contributed by atoms with Gasteiger partial charge in [0.15, 0.2) is 17.0 Å². The molecule has 1 saturated heterocycles. The minimum Gasteiger partial charge on any atom is -0.379 e. The summed E-state index contributed by atoms with van der Waals surface area (Å²) < 4.78 is 7.41. The maximum atomic E-state index is 5.41. The molecule has 6 heteroatoms. The van der Waals surface area contributed by atoms with Crippen LogP contribution in [0.1, 0.15) is 6.42 Å². The Bertz CT molecular complexity index is 793. The number of hydrogen-bond acceptors (Lipinski definition) is 5. The molecule has 1 aromatic carbocycles. The number of aromatic nitrogens is 4. The van der Waals surface area contributed by atoms with Crippen LogP contribution in [-0.2, 0) is 11.8 Å². The smallest absolute Gasteiger partial charge is 0.165 e. The second kappa shape index (κ2) is 5.38. The molecule has 4 rings (SSSR count). The number of benzene rings is 1. The zero-order valence-corrected chi connectivity index (χ0v) is 12.4. The lowest BCUT2D eigenvalue weighted by Gasteiger charge is -2.10. The highest BCUT2D eigenvalue weighted by Crippen LogP contribution is 2.26. The minimum absolute atomic E-state index is 0.292. The van der Waals surface area contributed by atoms with Crippen molar-refractivity contribution in [3.8, 4) is 11.4 Å². The van der Waals surface area contributed by atoms with Gasteiger partial charge in [-0.1, -0.05) is 30.3 Å².